The van der Waals surface area contributed by atoms with Crippen LogP contribution in [-0.2, 0) is 10.0 Å². The highest BCUT2D eigenvalue weighted by Gasteiger charge is 2.31. The van der Waals surface area contributed by atoms with Crippen LogP contribution >= 0.6 is 0 Å². The molecule has 1 aliphatic rings. The molecule has 4 rings (SSSR count). The number of para-hydroxylation sites is 1. The zero-order valence-electron chi connectivity index (χ0n) is 16.3. The van der Waals surface area contributed by atoms with Gasteiger partial charge in [0.05, 0.1) is 28.9 Å². The number of carbonyl (C=O) groups excluding carboxylic acids is 1. The SMILES string of the molecule is CC(C)n1c2ccccc2c2c1cc(C(=O)N1CCCC(O)C1)n2S(C)(=O)=O. The number of benzene rings is 1. The van der Waals surface area contributed by atoms with Crippen LogP contribution in [-0.4, -0.2) is 58.3 Å². The number of β-amino-alcohol motifs (C(OH)–C–C–N with tert-alkyl or cyclic N) is 1. The van der Waals surface area contributed by atoms with Gasteiger partial charge in [0.2, 0.25) is 10.0 Å². The first-order chi connectivity index (χ1) is 13.2. The van der Waals surface area contributed by atoms with Crippen molar-refractivity contribution in [1.82, 2.24) is 13.4 Å². The third kappa shape index (κ3) is 2.91. The van der Waals surface area contributed by atoms with E-state index in [0.717, 1.165) is 22.7 Å². The highest BCUT2D eigenvalue weighted by molar-refractivity contribution is 7.89. The van der Waals surface area contributed by atoms with Gasteiger partial charge in [-0.1, -0.05) is 18.2 Å². The number of nitrogens with zero attached hydrogens (tertiary/aromatic N) is 3. The minimum Gasteiger partial charge on any atom is -0.391 e. The first-order valence-electron chi connectivity index (χ1n) is 9.52. The number of aliphatic hydroxyl groups excluding tert-OH is 1. The van der Waals surface area contributed by atoms with Crippen molar-refractivity contribution >= 4 is 37.9 Å². The standard InChI is InChI=1S/C20H25N3O4S/c1-13(2)22-16-9-5-4-8-15(16)19-17(22)11-18(23(19)28(3,26)27)20(25)21-10-6-7-14(24)12-21/h4-5,8-9,11,13-14,24H,6-7,10,12H2,1-3H3. The van der Waals surface area contributed by atoms with Crippen LogP contribution in [0.4, 0.5) is 0 Å². The third-order valence-electron chi connectivity index (χ3n) is 5.37. The molecule has 28 heavy (non-hydrogen) atoms. The topological polar surface area (TPSA) is 84.5 Å². The first-order valence-corrected chi connectivity index (χ1v) is 11.4. The van der Waals surface area contributed by atoms with E-state index in [0.29, 0.717) is 24.9 Å². The molecular weight excluding hydrogens is 378 g/mol. The maximum atomic E-state index is 13.2. The average Bonchev–Trinajstić information content (AvgIpc) is 3.15. The van der Waals surface area contributed by atoms with Gasteiger partial charge in [0, 0.05) is 24.5 Å². The fourth-order valence-electron chi connectivity index (χ4n) is 4.28. The Hall–Kier alpha value is -2.32. The summed E-state index contributed by atoms with van der Waals surface area (Å²) in [6, 6.07) is 9.42. The first kappa shape index (κ1) is 19.0. The molecule has 0 bridgehead atoms. The summed E-state index contributed by atoms with van der Waals surface area (Å²) in [6.45, 7) is 4.81. The van der Waals surface area contributed by atoms with Crippen molar-refractivity contribution in [3.63, 3.8) is 0 Å². The third-order valence-corrected chi connectivity index (χ3v) is 6.41. The van der Waals surface area contributed by atoms with Crippen LogP contribution in [0.2, 0.25) is 0 Å². The van der Waals surface area contributed by atoms with Gasteiger partial charge in [-0.2, -0.15) is 0 Å². The Bertz CT molecular complexity index is 1170. The lowest BCUT2D eigenvalue weighted by molar-refractivity contribution is 0.0468. The highest BCUT2D eigenvalue weighted by Crippen LogP contribution is 2.35. The van der Waals surface area contributed by atoms with Gasteiger partial charge >= 0.3 is 0 Å². The van der Waals surface area contributed by atoms with Gasteiger partial charge in [0.25, 0.3) is 5.91 Å². The van der Waals surface area contributed by atoms with E-state index in [9.17, 15) is 18.3 Å². The Balaban J connectivity index is 2.02. The minimum absolute atomic E-state index is 0.0950. The van der Waals surface area contributed by atoms with E-state index in [1.165, 1.54) is 3.97 Å². The van der Waals surface area contributed by atoms with Crippen molar-refractivity contribution < 1.29 is 18.3 Å². The lowest BCUT2D eigenvalue weighted by Gasteiger charge is -2.30. The molecule has 8 heteroatoms. The van der Waals surface area contributed by atoms with Crippen LogP contribution in [0.25, 0.3) is 21.9 Å². The van der Waals surface area contributed by atoms with Crippen molar-refractivity contribution in [2.45, 2.75) is 38.8 Å². The highest BCUT2D eigenvalue weighted by atomic mass is 32.2. The second-order valence-corrected chi connectivity index (χ2v) is 9.65. The number of aromatic nitrogens is 2. The van der Waals surface area contributed by atoms with Gasteiger partial charge < -0.3 is 14.6 Å². The fourth-order valence-corrected chi connectivity index (χ4v) is 5.29. The van der Waals surface area contributed by atoms with E-state index in [2.05, 4.69) is 4.57 Å². The fraction of sp³-hybridized carbons (Fsp3) is 0.450. The summed E-state index contributed by atoms with van der Waals surface area (Å²) in [6.07, 6.45) is 1.91. The van der Waals surface area contributed by atoms with Crippen molar-refractivity contribution in [2.24, 2.45) is 0 Å². The van der Waals surface area contributed by atoms with Gasteiger partial charge in [-0.05, 0) is 38.8 Å². The second-order valence-electron chi connectivity index (χ2n) is 7.82. The van der Waals surface area contributed by atoms with Crippen LogP contribution in [0.5, 0.6) is 0 Å². The number of likely N-dealkylation sites (tertiary alicyclic amines) is 1. The van der Waals surface area contributed by atoms with Crippen molar-refractivity contribution in [3.8, 4) is 0 Å². The molecule has 7 nitrogen and oxygen atoms in total. The number of carbonyl (C=O) groups is 1. The zero-order chi connectivity index (χ0) is 20.2. The lowest BCUT2D eigenvalue weighted by Crippen LogP contribution is -2.43. The monoisotopic (exact) mass is 403 g/mol. The Morgan fingerprint density at radius 1 is 1.21 bits per heavy atom. The molecule has 0 radical (unpaired) electrons. The smallest absolute Gasteiger partial charge is 0.271 e. The Kier molecular flexibility index (Phi) is 4.50. The van der Waals surface area contributed by atoms with E-state index in [-0.39, 0.29) is 24.2 Å². The average molecular weight is 404 g/mol. The molecule has 0 aliphatic carbocycles. The number of amides is 1. The van der Waals surface area contributed by atoms with Gasteiger partial charge in [-0.25, -0.2) is 12.4 Å². The lowest BCUT2D eigenvalue weighted by atomic mass is 10.1. The van der Waals surface area contributed by atoms with Crippen molar-refractivity contribution in [1.29, 1.82) is 0 Å². The molecule has 3 aromatic rings. The zero-order valence-corrected chi connectivity index (χ0v) is 17.1. The van der Waals surface area contributed by atoms with E-state index in [1.807, 2.05) is 38.1 Å². The number of hydrogen-bond acceptors (Lipinski definition) is 4. The second kappa shape index (κ2) is 6.63. The number of rotatable bonds is 3. The van der Waals surface area contributed by atoms with Gasteiger partial charge in [-0.3, -0.25) is 4.79 Å². The molecule has 1 saturated heterocycles. The molecule has 0 spiro atoms. The van der Waals surface area contributed by atoms with Gasteiger partial charge in [-0.15, -0.1) is 0 Å². The molecule has 1 aliphatic heterocycles. The molecule has 1 unspecified atom stereocenters. The quantitative estimate of drug-likeness (QED) is 0.728. The minimum atomic E-state index is -3.72. The number of aliphatic hydroxyl groups is 1. The molecule has 1 N–H and O–H groups in total. The molecule has 2 aromatic heterocycles. The predicted molar refractivity (Wildman–Crippen MR) is 109 cm³/mol. The number of fused-ring (bicyclic) bond motifs is 3. The molecule has 1 aromatic carbocycles. The van der Waals surface area contributed by atoms with Crippen LogP contribution in [0, 0.1) is 0 Å². The normalized spacial score (nSPS) is 18.5. The summed E-state index contributed by atoms with van der Waals surface area (Å²) in [4.78, 5) is 14.8. The van der Waals surface area contributed by atoms with Crippen molar-refractivity contribution in [3.05, 3.63) is 36.0 Å². The summed E-state index contributed by atoms with van der Waals surface area (Å²) >= 11 is 0. The van der Waals surface area contributed by atoms with Gasteiger partial charge in [0.15, 0.2) is 0 Å². The Labute approximate surface area is 164 Å². The maximum absolute atomic E-state index is 13.2. The van der Waals surface area contributed by atoms with Crippen LogP contribution in [0.1, 0.15) is 43.2 Å². The van der Waals surface area contributed by atoms with E-state index >= 15 is 0 Å². The number of piperidine rings is 1. The Morgan fingerprint density at radius 3 is 2.57 bits per heavy atom. The summed E-state index contributed by atoms with van der Waals surface area (Å²) in [5.41, 5.74) is 2.32. The molecule has 1 fully saturated rings. The molecule has 1 atom stereocenters. The van der Waals surface area contributed by atoms with E-state index in [1.54, 1.807) is 11.0 Å². The van der Waals surface area contributed by atoms with Crippen molar-refractivity contribution in [2.75, 3.05) is 19.3 Å². The van der Waals surface area contributed by atoms with Crippen LogP contribution in [0.3, 0.4) is 0 Å². The summed E-state index contributed by atoms with van der Waals surface area (Å²) in [5.74, 6) is -0.361. The van der Waals surface area contributed by atoms with Gasteiger partial charge in [0.1, 0.15) is 5.69 Å². The summed E-state index contributed by atoms with van der Waals surface area (Å²) in [5, 5.41) is 10.7. The van der Waals surface area contributed by atoms with E-state index in [4.69, 9.17) is 0 Å². The predicted octanol–water partition coefficient (Wildman–Crippen LogP) is 2.58. The molecule has 0 saturated carbocycles. The largest absolute Gasteiger partial charge is 0.391 e. The van der Waals surface area contributed by atoms with Crippen LogP contribution < -0.4 is 0 Å². The summed E-state index contributed by atoms with van der Waals surface area (Å²) < 4.78 is 28.7. The van der Waals surface area contributed by atoms with Crippen LogP contribution in [0.15, 0.2) is 30.3 Å². The number of hydrogen-bond donors (Lipinski definition) is 1. The van der Waals surface area contributed by atoms with E-state index < -0.39 is 16.1 Å². The maximum Gasteiger partial charge on any atom is 0.271 e. The molecule has 150 valence electrons. The summed E-state index contributed by atoms with van der Waals surface area (Å²) in [7, 11) is -3.72. The molecule has 3 heterocycles. The molecular formula is C20H25N3O4S. The molecule has 1 amide bonds. The Morgan fingerprint density at radius 2 is 1.93 bits per heavy atom.